The first-order valence-electron chi connectivity index (χ1n) is 8.66. The topological polar surface area (TPSA) is 141 Å². The summed E-state index contributed by atoms with van der Waals surface area (Å²) in [6.07, 6.45) is -4.68. The maximum atomic E-state index is 12.5. The molecule has 9 nitrogen and oxygen atoms in total. The van der Waals surface area contributed by atoms with Gasteiger partial charge in [-0.1, -0.05) is 0 Å². The van der Waals surface area contributed by atoms with Gasteiger partial charge in [0, 0.05) is 0 Å². The third kappa shape index (κ3) is 6.51. The molecule has 1 saturated heterocycles. The third-order valence-corrected chi connectivity index (χ3v) is 6.14. The second-order valence-electron chi connectivity index (χ2n) is 8.39. The Kier molecular flexibility index (Phi) is 8.24. The second-order valence-corrected chi connectivity index (χ2v) is 11.0. The minimum Gasteiger partial charge on any atom is -0.394 e. The molecule has 0 spiro atoms. The van der Waals surface area contributed by atoms with Crippen LogP contribution in [-0.2, 0) is 23.3 Å². The van der Waals surface area contributed by atoms with Crippen molar-refractivity contribution in [2.75, 3.05) is 19.8 Å². The summed E-state index contributed by atoms with van der Waals surface area (Å²) < 4.78 is 34.4. The van der Waals surface area contributed by atoms with Gasteiger partial charge in [0.25, 0.3) is 0 Å². The molecule has 10 heteroatoms. The van der Waals surface area contributed by atoms with E-state index in [-0.39, 0.29) is 18.8 Å². The molecule has 26 heavy (non-hydrogen) atoms. The van der Waals surface area contributed by atoms with Gasteiger partial charge in [-0.3, -0.25) is 4.57 Å². The number of hydrogen-bond acceptors (Lipinski definition) is 8. The molecule has 1 aliphatic rings. The van der Waals surface area contributed by atoms with Gasteiger partial charge in [0.15, 0.2) is 6.29 Å². The fourth-order valence-corrected chi connectivity index (χ4v) is 3.12. The Balaban J connectivity index is 2.81. The number of nitrogens with two attached hydrogens (primary N) is 1. The Morgan fingerprint density at radius 2 is 1.73 bits per heavy atom. The molecule has 5 N–H and O–H groups in total. The number of aliphatic hydroxyl groups excluding tert-OH is 2. The van der Waals surface area contributed by atoms with Crippen molar-refractivity contribution in [3.05, 3.63) is 0 Å². The van der Waals surface area contributed by atoms with Gasteiger partial charge in [0.1, 0.15) is 18.3 Å². The SMILES string of the molecule is CC(C)(C)OCCOC1OC(CO)C(O)C(OP(=O)(O)C(C)(C)C)C1N. The molecule has 0 radical (unpaired) electrons. The van der Waals surface area contributed by atoms with E-state index in [0.29, 0.717) is 0 Å². The van der Waals surface area contributed by atoms with E-state index in [0.717, 1.165) is 0 Å². The van der Waals surface area contributed by atoms with Crippen molar-refractivity contribution < 1.29 is 38.4 Å². The van der Waals surface area contributed by atoms with Crippen LogP contribution in [0.4, 0.5) is 0 Å². The largest absolute Gasteiger partial charge is 0.394 e. The summed E-state index contributed by atoms with van der Waals surface area (Å²) in [6.45, 7) is 10.3. The van der Waals surface area contributed by atoms with Gasteiger partial charge in [0.05, 0.1) is 36.6 Å². The fraction of sp³-hybridized carbons (Fsp3) is 1.00. The summed E-state index contributed by atoms with van der Waals surface area (Å²) in [5.74, 6) is 0. The highest BCUT2D eigenvalue weighted by Gasteiger charge is 2.49. The first kappa shape index (κ1) is 23.9. The van der Waals surface area contributed by atoms with E-state index >= 15 is 0 Å². The maximum Gasteiger partial charge on any atom is 0.333 e. The van der Waals surface area contributed by atoms with Crippen LogP contribution in [0.1, 0.15) is 41.5 Å². The van der Waals surface area contributed by atoms with Crippen LogP contribution >= 0.6 is 7.60 Å². The second kappa shape index (κ2) is 8.94. The summed E-state index contributed by atoms with van der Waals surface area (Å²) in [5.41, 5.74) is 5.73. The van der Waals surface area contributed by atoms with Gasteiger partial charge in [-0.05, 0) is 41.5 Å². The van der Waals surface area contributed by atoms with Gasteiger partial charge in [-0.15, -0.1) is 0 Å². The Morgan fingerprint density at radius 1 is 1.15 bits per heavy atom. The Hall–Kier alpha value is -0.0900. The lowest BCUT2D eigenvalue weighted by atomic mass is 9.98. The van der Waals surface area contributed by atoms with Crippen LogP contribution in [0, 0.1) is 0 Å². The highest BCUT2D eigenvalue weighted by Crippen LogP contribution is 2.56. The van der Waals surface area contributed by atoms with Crippen LogP contribution in [0.5, 0.6) is 0 Å². The van der Waals surface area contributed by atoms with Crippen LogP contribution in [0.25, 0.3) is 0 Å². The van der Waals surface area contributed by atoms with E-state index < -0.39 is 50.0 Å². The molecule has 1 rings (SSSR count). The van der Waals surface area contributed by atoms with E-state index in [2.05, 4.69) is 0 Å². The molecule has 0 aromatic carbocycles. The first-order valence-corrected chi connectivity index (χ1v) is 10.2. The van der Waals surface area contributed by atoms with E-state index in [1.54, 1.807) is 20.8 Å². The van der Waals surface area contributed by atoms with E-state index in [4.69, 9.17) is 24.5 Å². The highest BCUT2D eigenvalue weighted by molar-refractivity contribution is 7.54. The van der Waals surface area contributed by atoms with Crippen LogP contribution in [0.2, 0.25) is 0 Å². The predicted octanol–water partition coefficient (Wildman–Crippen LogP) is 0.593. The quantitative estimate of drug-likeness (QED) is 0.357. The zero-order chi connectivity index (χ0) is 20.3. The van der Waals surface area contributed by atoms with Gasteiger partial charge >= 0.3 is 7.60 Å². The number of rotatable bonds is 7. The molecule has 0 aromatic rings. The molecule has 0 aromatic heterocycles. The van der Waals surface area contributed by atoms with Gasteiger partial charge < -0.3 is 39.6 Å². The zero-order valence-corrected chi connectivity index (χ0v) is 17.3. The molecule has 0 bridgehead atoms. The van der Waals surface area contributed by atoms with Crippen molar-refractivity contribution >= 4 is 7.60 Å². The Labute approximate surface area is 155 Å². The summed E-state index contributed by atoms with van der Waals surface area (Å²) in [5, 5.41) is 18.7. The van der Waals surface area contributed by atoms with Crippen LogP contribution in [-0.4, -0.2) is 76.3 Å². The molecule has 0 amide bonds. The third-order valence-electron chi connectivity index (χ3n) is 3.91. The van der Waals surface area contributed by atoms with E-state index in [1.165, 1.54) is 0 Å². The summed E-state index contributed by atoms with van der Waals surface area (Å²) in [7, 11) is -4.09. The van der Waals surface area contributed by atoms with E-state index in [9.17, 15) is 19.7 Å². The smallest absolute Gasteiger partial charge is 0.333 e. The average molecular weight is 399 g/mol. The van der Waals surface area contributed by atoms with Crippen molar-refractivity contribution in [3.63, 3.8) is 0 Å². The number of ether oxygens (including phenoxy) is 3. The predicted molar refractivity (Wildman–Crippen MR) is 95.8 cm³/mol. The standard InChI is InChI=1S/C16H34NO8P/c1-15(2,3)23-8-7-22-14-11(17)13(12(19)10(9-18)24-14)25-26(20,21)16(4,5)6/h10-14,18-19H,7-9,17H2,1-6H3,(H,20,21). The van der Waals surface area contributed by atoms with Gasteiger partial charge in [0.2, 0.25) is 0 Å². The summed E-state index contributed by atoms with van der Waals surface area (Å²) >= 11 is 0. The molecular formula is C16H34NO8P. The Morgan fingerprint density at radius 3 is 2.19 bits per heavy atom. The summed E-state index contributed by atoms with van der Waals surface area (Å²) in [6, 6.07) is -1.02. The Bertz CT molecular complexity index is 490. The van der Waals surface area contributed by atoms with Crippen molar-refractivity contribution in [1.29, 1.82) is 0 Å². The first-order chi connectivity index (χ1) is 11.7. The van der Waals surface area contributed by atoms with Crippen molar-refractivity contribution in [2.45, 2.75) is 82.9 Å². The molecule has 1 fully saturated rings. The zero-order valence-electron chi connectivity index (χ0n) is 16.4. The van der Waals surface area contributed by atoms with E-state index in [1.807, 2.05) is 20.8 Å². The van der Waals surface area contributed by atoms with Crippen LogP contribution in [0.3, 0.4) is 0 Å². The minimum absolute atomic E-state index is 0.159. The monoisotopic (exact) mass is 399 g/mol. The lowest BCUT2D eigenvalue weighted by Gasteiger charge is -2.43. The van der Waals surface area contributed by atoms with Crippen LogP contribution in [0.15, 0.2) is 0 Å². The lowest BCUT2D eigenvalue weighted by Crippen LogP contribution is -2.63. The number of aliphatic hydroxyl groups is 2. The molecule has 6 unspecified atom stereocenters. The molecule has 1 aliphatic heterocycles. The average Bonchev–Trinajstić information content (AvgIpc) is 2.47. The van der Waals surface area contributed by atoms with Crippen molar-refractivity contribution in [3.8, 4) is 0 Å². The van der Waals surface area contributed by atoms with Gasteiger partial charge in [-0.25, -0.2) is 0 Å². The maximum absolute atomic E-state index is 12.5. The van der Waals surface area contributed by atoms with Crippen molar-refractivity contribution in [1.82, 2.24) is 0 Å². The van der Waals surface area contributed by atoms with Crippen LogP contribution < -0.4 is 5.73 Å². The van der Waals surface area contributed by atoms with Crippen molar-refractivity contribution in [2.24, 2.45) is 5.73 Å². The lowest BCUT2D eigenvalue weighted by molar-refractivity contribution is -0.265. The molecule has 156 valence electrons. The van der Waals surface area contributed by atoms with Gasteiger partial charge in [-0.2, -0.15) is 0 Å². The molecule has 0 aliphatic carbocycles. The molecule has 6 atom stereocenters. The highest BCUT2D eigenvalue weighted by atomic mass is 31.2. The minimum atomic E-state index is -4.09. The molecular weight excluding hydrogens is 365 g/mol. The molecule has 1 heterocycles. The number of hydrogen-bond donors (Lipinski definition) is 4. The molecule has 0 saturated carbocycles. The normalized spacial score (nSPS) is 33.1. The summed E-state index contributed by atoms with van der Waals surface area (Å²) in [4.78, 5) is 10.2. The fourth-order valence-electron chi connectivity index (χ4n) is 2.21.